The third-order valence-corrected chi connectivity index (χ3v) is 6.07. The number of hydrogen-bond acceptors (Lipinski definition) is 7. The zero-order valence-electron chi connectivity index (χ0n) is 20.7. The molecular weight excluding hydrogens is 503 g/mol. The van der Waals surface area contributed by atoms with E-state index in [9.17, 15) is 22.8 Å². The first-order valence-corrected chi connectivity index (χ1v) is 11.7. The first kappa shape index (κ1) is 26.9. The van der Waals surface area contributed by atoms with Gasteiger partial charge in [-0.15, -0.1) is 0 Å². The normalized spacial score (nSPS) is 17.1. The standard InChI is InChI=1S/C26H26F3N5O4/c1-16-30-13-18(14-31-16)23(35)34-25(9-10-38-15-25)24(36)32-12-17-3-5-19(6-4-17)33-22-8-7-20(37-2)11-21(22)26(27,28)29/h3-8,11,13-14,33H,9-10,12,15H2,1-2H3,(H,32,36)(H,34,35)/t25-/m0/s1. The quantitative estimate of drug-likeness (QED) is 0.407. The highest BCUT2D eigenvalue weighted by molar-refractivity contribution is 5.99. The molecule has 0 spiro atoms. The van der Waals surface area contributed by atoms with E-state index in [4.69, 9.17) is 9.47 Å². The number of nitrogens with zero attached hydrogens (tertiary/aromatic N) is 2. The third kappa shape index (κ3) is 6.20. The molecule has 0 unspecified atom stereocenters. The van der Waals surface area contributed by atoms with Crippen molar-refractivity contribution >= 4 is 23.2 Å². The van der Waals surface area contributed by atoms with Crippen LogP contribution in [0.25, 0.3) is 0 Å². The topological polar surface area (TPSA) is 114 Å². The molecule has 0 saturated carbocycles. The number of hydrogen-bond donors (Lipinski definition) is 3. The lowest BCUT2D eigenvalue weighted by atomic mass is 9.96. The second-order valence-electron chi connectivity index (χ2n) is 8.77. The van der Waals surface area contributed by atoms with Crippen LogP contribution in [0.4, 0.5) is 24.5 Å². The number of carbonyl (C=O) groups excluding carboxylic acids is 2. The van der Waals surface area contributed by atoms with E-state index in [0.29, 0.717) is 30.1 Å². The SMILES string of the molecule is COc1ccc(Nc2ccc(CNC(=O)[C@]3(NC(=O)c4cnc(C)nc4)CCOC3)cc2)c(C(F)(F)F)c1. The summed E-state index contributed by atoms with van der Waals surface area (Å²) in [6.07, 6.45) is -1.50. The van der Waals surface area contributed by atoms with E-state index in [1.807, 2.05) is 0 Å². The van der Waals surface area contributed by atoms with Crippen LogP contribution in [0.15, 0.2) is 54.9 Å². The van der Waals surface area contributed by atoms with Crippen LogP contribution < -0.4 is 20.7 Å². The van der Waals surface area contributed by atoms with E-state index in [1.54, 1.807) is 31.2 Å². The van der Waals surface area contributed by atoms with Crippen LogP contribution in [0.2, 0.25) is 0 Å². The van der Waals surface area contributed by atoms with E-state index < -0.39 is 29.1 Å². The van der Waals surface area contributed by atoms with Gasteiger partial charge < -0.3 is 25.4 Å². The fourth-order valence-corrected chi connectivity index (χ4v) is 3.91. The predicted molar refractivity (Wildman–Crippen MR) is 132 cm³/mol. The minimum Gasteiger partial charge on any atom is -0.497 e. The minimum absolute atomic E-state index is 0.0174. The molecule has 200 valence electrons. The summed E-state index contributed by atoms with van der Waals surface area (Å²) >= 11 is 0. The maximum absolute atomic E-state index is 13.5. The van der Waals surface area contributed by atoms with Crippen molar-refractivity contribution in [1.82, 2.24) is 20.6 Å². The summed E-state index contributed by atoms with van der Waals surface area (Å²) in [6.45, 7) is 2.16. The lowest BCUT2D eigenvalue weighted by molar-refractivity contribution is -0.137. The molecular formula is C26H26F3N5O4. The fourth-order valence-electron chi connectivity index (χ4n) is 3.91. The summed E-state index contributed by atoms with van der Waals surface area (Å²) in [5.41, 5.74) is -0.839. The van der Waals surface area contributed by atoms with Gasteiger partial charge in [0.15, 0.2) is 0 Å². The molecule has 3 N–H and O–H groups in total. The molecule has 1 aliphatic heterocycles. The number of amides is 2. The van der Waals surface area contributed by atoms with Gasteiger partial charge in [0, 0.05) is 37.7 Å². The molecule has 1 atom stereocenters. The van der Waals surface area contributed by atoms with E-state index in [2.05, 4.69) is 25.9 Å². The van der Waals surface area contributed by atoms with Gasteiger partial charge in [-0.2, -0.15) is 13.2 Å². The molecule has 1 fully saturated rings. The Labute approximate surface area is 216 Å². The molecule has 2 heterocycles. The number of ether oxygens (including phenoxy) is 2. The number of methoxy groups -OCH3 is 1. The van der Waals surface area contributed by atoms with Gasteiger partial charge in [-0.3, -0.25) is 9.59 Å². The fraction of sp³-hybridized carbons (Fsp3) is 0.308. The van der Waals surface area contributed by atoms with Gasteiger partial charge in [0.2, 0.25) is 5.91 Å². The Morgan fingerprint density at radius 2 is 1.82 bits per heavy atom. The highest BCUT2D eigenvalue weighted by Crippen LogP contribution is 2.38. The first-order valence-electron chi connectivity index (χ1n) is 11.7. The summed E-state index contributed by atoms with van der Waals surface area (Å²) in [6, 6.07) is 10.3. The van der Waals surface area contributed by atoms with Crippen LogP contribution in [0.1, 0.15) is 33.7 Å². The number of aromatic nitrogens is 2. The summed E-state index contributed by atoms with van der Waals surface area (Å²) in [5, 5.41) is 8.35. The Morgan fingerprint density at radius 3 is 2.42 bits per heavy atom. The molecule has 4 rings (SSSR count). The molecule has 0 bridgehead atoms. The summed E-state index contributed by atoms with van der Waals surface area (Å²) in [7, 11) is 1.30. The Kier molecular flexibility index (Phi) is 7.81. The smallest absolute Gasteiger partial charge is 0.418 e. The molecule has 0 aliphatic carbocycles. The van der Waals surface area contributed by atoms with Crippen LogP contribution >= 0.6 is 0 Å². The van der Waals surface area contributed by atoms with Crippen LogP contribution in [-0.4, -0.2) is 47.6 Å². The van der Waals surface area contributed by atoms with Gasteiger partial charge in [-0.05, 0) is 42.8 Å². The van der Waals surface area contributed by atoms with Gasteiger partial charge in [0.1, 0.15) is 17.1 Å². The zero-order chi connectivity index (χ0) is 27.3. The van der Waals surface area contributed by atoms with Crippen molar-refractivity contribution in [1.29, 1.82) is 0 Å². The lowest BCUT2D eigenvalue weighted by Gasteiger charge is -2.27. The Hall–Kier alpha value is -4.19. The number of alkyl halides is 3. The van der Waals surface area contributed by atoms with Gasteiger partial charge >= 0.3 is 6.18 Å². The molecule has 1 aromatic heterocycles. The van der Waals surface area contributed by atoms with Crippen molar-refractivity contribution < 1.29 is 32.2 Å². The van der Waals surface area contributed by atoms with Gasteiger partial charge in [0.05, 0.1) is 30.5 Å². The Morgan fingerprint density at radius 1 is 1.11 bits per heavy atom. The van der Waals surface area contributed by atoms with E-state index in [0.717, 1.165) is 6.07 Å². The van der Waals surface area contributed by atoms with Crippen LogP contribution in [0.3, 0.4) is 0 Å². The Balaban J connectivity index is 1.40. The maximum atomic E-state index is 13.5. The minimum atomic E-state index is -4.57. The van der Waals surface area contributed by atoms with Crippen molar-refractivity contribution in [3.63, 3.8) is 0 Å². The number of nitrogens with one attached hydrogen (secondary N) is 3. The number of anilines is 2. The van der Waals surface area contributed by atoms with Crippen molar-refractivity contribution in [3.05, 3.63) is 77.4 Å². The molecule has 1 saturated heterocycles. The molecule has 2 aromatic carbocycles. The molecule has 0 radical (unpaired) electrons. The van der Waals surface area contributed by atoms with Gasteiger partial charge in [-0.1, -0.05) is 12.1 Å². The van der Waals surface area contributed by atoms with Crippen molar-refractivity contribution in [2.24, 2.45) is 0 Å². The van der Waals surface area contributed by atoms with Gasteiger partial charge in [0.25, 0.3) is 5.91 Å². The maximum Gasteiger partial charge on any atom is 0.418 e. The zero-order valence-corrected chi connectivity index (χ0v) is 20.7. The van der Waals surface area contributed by atoms with E-state index in [1.165, 1.54) is 31.6 Å². The second-order valence-corrected chi connectivity index (χ2v) is 8.77. The molecule has 9 nitrogen and oxygen atoms in total. The number of carbonyl (C=O) groups is 2. The molecule has 12 heteroatoms. The predicted octanol–water partition coefficient (Wildman–Crippen LogP) is 3.76. The second kappa shape index (κ2) is 11.1. The summed E-state index contributed by atoms with van der Waals surface area (Å²) in [5.74, 6) is -0.281. The van der Waals surface area contributed by atoms with Crippen LogP contribution in [0.5, 0.6) is 5.75 Å². The van der Waals surface area contributed by atoms with Crippen molar-refractivity contribution in [2.45, 2.75) is 31.6 Å². The number of rotatable bonds is 8. The average molecular weight is 530 g/mol. The Bertz CT molecular complexity index is 1290. The molecule has 2 amide bonds. The highest BCUT2D eigenvalue weighted by atomic mass is 19.4. The monoisotopic (exact) mass is 529 g/mol. The summed E-state index contributed by atoms with van der Waals surface area (Å²) in [4.78, 5) is 33.8. The van der Waals surface area contributed by atoms with Crippen molar-refractivity contribution in [2.75, 3.05) is 25.6 Å². The van der Waals surface area contributed by atoms with Crippen LogP contribution in [0, 0.1) is 6.92 Å². The molecule has 38 heavy (non-hydrogen) atoms. The van der Waals surface area contributed by atoms with Crippen LogP contribution in [-0.2, 0) is 22.3 Å². The third-order valence-electron chi connectivity index (χ3n) is 6.07. The number of halogens is 3. The number of benzene rings is 2. The largest absolute Gasteiger partial charge is 0.497 e. The average Bonchev–Trinajstić information content (AvgIpc) is 3.37. The lowest BCUT2D eigenvalue weighted by Crippen LogP contribution is -2.59. The van der Waals surface area contributed by atoms with E-state index >= 15 is 0 Å². The molecule has 3 aromatic rings. The highest BCUT2D eigenvalue weighted by Gasteiger charge is 2.43. The summed E-state index contributed by atoms with van der Waals surface area (Å²) < 4.78 is 50.8. The first-order chi connectivity index (χ1) is 18.1. The number of aryl methyl sites for hydroxylation is 1. The van der Waals surface area contributed by atoms with Gasteiger partial charge in [-0.25, -0.2) is 9.97 Å². The molecule has 1 aliphatic rings. The van der Waals surface area contributed by atoms with E-state index in [-0.39, 0.29) is 30.2 Å². The van der Waals surface area contributed by atoms with Crippen molar-refractivity contribution in [3.8, 4) is 5.75 Å².